The van der Waals surface area contributed by atoms with Gasteiger partial charge in [-0.15, -0.1) is 0 Å². The van der Waals surface area contributed by atoms with Gasteiger partial charge in [-0.25, -0.2) is 0 Å². The fourth-order valence-corrected chi connectivity index (χ4v) is 3.96. The lowest BCUT2D eigenvalue weighted by atomic mass is 9.99. The Labute approximate surface area is 199 Å². The summed E-state index contributed by atoms with van der Waals surface area (Å²) in [4.78, 5) is 13.3. The molecule has 0 spiro atoms. The number of methoxy groups -OCH3 is 3. The molecule has 0 saturated carbocycles. The van der Waals surface area contributed by atoms with Gasteiger partial charge in [0.05, 0.1) is 33.5 Å². The summed E-state index contributed by atoms with van der Waals surface area (Å²) < 4.78 is 33.5. The molecule has 188 valence electrons. The Kier molecular flexibility index (Phi) is 7.15. The molecule has 35 heavy (non-hydrogen) atoms. The Morgan fingerprint density at radius 1 is 0.886 bits per heavy atom. The summed E-state index contributed by atoms with van der Waals surface area (Å²) in [6.45, 7) is -0.637. The van der Waals surface area contributed by atoms with Gasteiger partial charge in [0.25, 0.3) is 0 Å². The molecule has 1 saturated heterocycles. The maximum atomic E-state index is 13.3. The van der Waals surface area contributed by atoms with Crippen molar-refractivity contribution in [3.63, 3.8) is 0 Å². The largest absolute Gasteiger partial charge is 0.496 e. The number of rotatable bonds is 7. The van der Waals surface area contributed by atoms with Gasteiger partial charge in [-0.3, -0.25) is 4.79 Å². The van der Waals surface area contributed by atoms with E-state index in [0.717, 1.165) is 0 Å². The molecule has 5 atom stereocenters. The van der Waals surface area contributed by atoms with E-state index >= 15 is 0 Å². The highest BCUT2D eigenvalue weighted by molar-refractivity contribution is 5.92. The van der Waals surface area contributed by atoms with Crippen molar-refractivity contribution in [2.24, 2.45) is 0 Å². The molecule has 3 aromatic rings. The van der Waals surface area contributed by atoms with Crippen molar-refractivity contribution in [1.29, 1.82) is 0 Å². The van der Waals surface area contributed by atoms with Crippen molar-refractivity contribution >= 4 is 11.0 Å². The van der Waals surface area contributed by atoms with Gasteiger partial charge < -0.3 is 48.5 Å². The minimum atomic E-state index is -1.68. The third-order valence-electron chi connectivity index (χ3n) is 5.77. The number of hydrogen-bond donors (Lipinski definition) is 4. The maximum Gasteiger partial charge on any atom is 0.229 e. The second-order valence-electron chi connectivity index (χ2n) is 7.80. The molecular weight excluding hydrogens is 464 g/mol. The molecule has 1 aliphatic rings. The Morgan fingerprint density at radius 3 is 2.26 bits per heavy atom. The van der Waals surface area contributed by atoms with Crippen molar-refractivity contribution in [3.8, 4) is 34.3 Å². The SMILES string of the molecule is COc1ccccc1-c1cc(=O)c2c(O[C@@H]3OC(CO)[C@@H](O)[C@H](O)C3O)cc(OC)c(OC)c2o1. The molecule has 1 aromatic heterocycles. The molecule has 4 N–H and O–H groups in total. The number of ether oxygens (including phenoxy) is 5. The smallest absolute Gasteiger partial charge is 0.229 e. The van der Waals surface area contributed by atoms with Gasteiger partial charge in [0, 0.05) is 12.1 Å². The fourth-order valence-electron chi connectivity index (χ4n) is 3.96. The van der Waals surface area contributed by atoms with Crippen LogP contribution in [0.3, 0.4) is 0 Å². The second-order valence-corrected chi connectivity index (χ2v) is 7.80. The zero-order chi connectivity index (χ0) is 25.3. The van der Waals surface area contributed by atoms with Gasteiger partial charge in [0.15, 0.2) is 16.8 Å². The van der Waals surface area contributed by atoms with E-state index in [2.05, 4.69) is 0 Å². The van der Waals surface area contributed by atoms with Gasteiger partial charge in [0.2, 0.25) is 12.0 Å². The third kappa shape index (κ3) is 4.40. The average molecular weight is 490 g/mol. The first-order valence-corrected chi connectivity index (χ1v) is 10.7. The summed E-state index contributed by atoms with van der Waals surface area (Å²) in [6.07, 6.45) is -7.63. The first kappa shape index (κ1) is 24.8. The first-order chi connectivity index (χ1) is 16.8. The van der Waals surface area contributed by atoms with Crippen LogP contribution in [0.5, 0.6) is 23.0 Å². The molecule has 0 radical (unpaired) electrons. The van der Waals surface area contributed by atoms with Gasteiger partial charge in [-0.2, -0.15) is 0 Å². The number of hydrogen-bond acceptors (Lipinski definition) is 11. The van der Waals surface area contributed by atoms with Crippen LogP contribution in [0.25, 0.3) is 22.3 Å². The standard InChI is InChI=1S/C24H26O11/c1-30-13-7-5-4-6-11(13)14-8-12(26)18-15(9-16(31-2)22(32-3)23(18)33-14)34-24-21(29)20(28)19(27)17(10-25)35-24/h4-9,17,19-21,24-25,27-29H,10H2,1-3H3/t17?,19-,20+,21?,24-/m1/s1. The summed E-state index contributed by atoms with van der Waals surface area (Å²) in [5, 5.41) is 39.9. The van der Waals surface area contributed by atoms with E-state index in [1.54, 1.807) is 24.3 Å². The zero-order valence-corrected chi connectivity index (χ0v) is 19.2. The minimum absolute atomic E-state index is 0.000142. The molecule has 2 unspecified atom stereocenters. The van der Waals surface area contributed by atoms with Gasteiger partial charge in [0.1, 0.15) is 47.1 Å². The van der Waals surface area contributed by atoms with Crippen LogP contribution in [0.4, 0.5) is 0 Å². The van der Waals surface area contributed by atoms with E-state index < -0.39 is 42.7 Å². The molecule has 0 amide bonds. The van der Waals surface area contributed by atoms with E-state index in [4.69, 9.17) is 28.1 Å². The highest BCUT2D eigenvalue weighted by Crippen LogP contribution is 2.43. The highest BCUT2D eigenvalue weighted by atomic mass is 16.7. The van der Waals surface area contributed by atoms with E-state index in [9.17, 15) is 25.2 Å². The van der Waals surface area contributed by atoms with E-state index in [-0.39, 0.29) is 34.0 Å². The number of aliphatic hydroxyl groups excluding tert-OH is 4. The lowest BCUT2D eigenvalue weighted by molar-refractivity contribution is -0.277. The highest BCUT2D eigenvalue weighted by Gasteiger charge is 2.45. The Hall–Kier alpha value is -3.35. The third-order valence-corrected chi connectivity index (χ3v) is 5.77. The first-order valence-electron chi connectivity index (χ1n) is 10.7. The molecular formula is C24H26O11. The van der Waals surface area contributed by atoms with E-state index in [0.29, 0.717) is 11.3 Å². The topological polar surface area (TPSA) is 157 Å². The summed E-state index contributed by atoms with van der Waals surface area (Å²) >= 11 is 0. The molecule has 2 heterocycles. The summed E-state index contributed by atoms with van der Waals surface area (Å²) in [6, 6.07) is 9.58. The van der Waals surface area contributed by atoms with Crippen LogP contribution in [-0.2, 0) is 4.74 Å². The number of aliphatic hydroxyl groups is 4. The number of para-hydroxylation sites is 1. The number of fused-ring (bicyclic) bond motifs is 1. The van der Waals surface area contributed by atoms with Gasteiger partial charge >= 0.3 is 0 Å². The quantitative estimate of drug-likeness (QED) is 0.369. The molecule has 1 fully saturated rings. The average Bonchev–Trinajstić information content (AvgIpc) is 2.88. The molecule has 11 nitrogen and oxygen atoms in total. The van der Waals surface area contributed by atoms with Crippen LogP contribution in [0.2, 0.25) is 0 Å². The van der Waals surface area contributed by atoms with Crippen LogP contribution < -0.4 is 24.4 Å². The summed E-state index contributed by atoms with van der Waals surface area (Å²) in [5.74, 6) is 0.861. The monoisotopic (exact) mass is 490 g/mol. The minimum Gasteiger partial charge on any atom is -0.496 e. The summed E-state index contributed by atoms with van der Waals surface area (Å²) in [5.41, 5.74) is 0.0165. The van der Waals surface area contributed by atoms with Crippen molar-refractivity contribution in [2.45, 2.75) is 30.7 Å². The lowest BCUT2D eigenvalue weighted by Gasteiger charge is -2.39. The van der Waals surface area contributed by atoms with Crippen molar-refractivity contribution < 1.29 is 48.5 Å². The van der Waals surface area contributed by atoms with Crippen LogP contribution >= 0.6 is 0 Å². The normalized spacial score (nSPS) is 24.3. The Balaban J connectivity index is 1.88. The Bertz CT molecular complexity index is 1250. The van der Waals surface area contributed by atoms with Gasteiger partial charge in [-0.05, 0) is 12.1 Å². The van der Waals surface area contributed by atoms with Crippen LogP contribution in [-0.4, -0.2) is 79.1 Å². The molecule has 11 heteroatoms. The van der Waals surface area contributed by atoms with Gasteiger partial charge in [-0.1, -0.05) is 12.1 Å². The fraction of sp³-hybridized carbons (Fsp3) is 0.375. The Morgan fingerprint density at radius 2 is 1.60 bits per heavy atom. The molecule has 0 bridgehead atoms. The second kappa shape index (κ2) is 10.1. The molecule has 4 rings (SSSR count). The van der Waals surface area contributed by atoms with E-state index in [1.165, 1.54) is 33.5 Å². The summed E-state index contributed by atoms with van der Waals surface area (Å²) in [7, 11) is 4.25. The maximum absolute atomic E-state index is 13.3. The molecule has 1 aliphatic heterocycles. The lowest BCUT2D eigenvalue weighted by Crippen LogP contribution is -2.60. The zero-order valence-electron chi connectivity index (χ0n) is 19.2. The van der Waals surface area contributed by atoms with Crippen LogP contribution in [0, 0.1) is 0 Å². The van der Waals surface area contributed by atoms with Crippen molar-refractivity contribution in [2.75, 3.05) is 27.9 Å². The molecule has 0 aliphatic carbocycles. The van der Waals surface area contributed by atoms with Crippen molar-refractivity contribution in [1.82, 2.24) is 0 Å². The van der Waals surface area contributed by atoms with Crippen molar-refractivity contribution in [3.05, 3.63) is 46.6 Å². The number of benzene rings is 2. The predicted octanol–water partition coefficient (Wildman–Crippen LogP) is 0.664. The molecule has 2 aromatic carbocycles. The van der Waals surface area contributed by atoms with Crippen LogP contribution in [0.15, 0.2) is 45.6 Å². The van der Waals surface area contributed by atoms with Crippen LogP contribution in [0.1, 0.15) is 0 Å². The van der Waals surface area contributed by atoms with E-state index in [1.807, 2.05) is 0 Å². The predicted molar refractivity (Wildman–Crippen MR) is 122 cm³/mol.